The number of H-pyrrole nitrogens is 1. The van der Waals surface area contributed by atoms with Gasteiger partial charge in [-0.05, 0) is 24.3 Å². The number of benzene rings is 2. The smallest absolute Gasteiger partial charge is 0.262 e. The molecule has 0 atom stereocenters. The molecule has 4 aromatic rings. The third-order valence-corrected chi connectivity index (χ3v) is 5.12. The van der Waals surface area contributed by atoms with Gasteiger partial charge < -0.3 is 0 Å². The fraction of sp³-hybridized carbons (Fsp3) is 0.0588. The molecule has 1 aliphatic heterocycles. The third-order valence-electron chi connectivity index (χ3n) is 4.20. The molecule has 25 heavy (non-hydrogen) atoms. The van der Waals surface area contributed by atoms with Crippen LogP contribution in [0.3, 0.4) is 0 Å². The Morgan fingerprint density at radius 1 is 0.960 bits per heavy atom. The quantitative estimate of drug-likeness (QED) is 0.454. The Kier molecular flexibility index (Phi) is 2.95. The molecule has 2 amide bonds. The zero-order valence-electron chi connectivity index (χ0n) is 12.8. The number of imidazole rings is 1. The van der Waals surface area contributed by atoms with Crippen LogP contribution in [0, 0.1) is 0 Å². The molecule has 0 saturated heterocycles. The van der Waals surface area contributed by atoms with E-state index in [2.05, 4.69) is 15.2 Å². The van der Waals surface area contributed by atoms with Crippen LogP contribution in [0.25, 0.3) is 16.8 Å². The van der Waals surface area contributed by atoms with E-state index < -0.39 is 0 Å². The van der Waals surface area contributed by atoms with Crippen molar-refractivity contribution in [3.63, 3.8) is 0 Å². The van der Waals surface area contributed by atoms with Gasteiger partial charge in [0.05, 0.1) is 28.0 Å². The van der Waals surface area contributed by atoms with Crippen LogP contribution in [-0.2, 0) is 0 Å². The summed E-state index contributed by atoms with van der Waals surface area (Å²) in [5.74, 6) is 0.288. The van der Waals surface area contributed by atoms with Gasteiger partial charge in [0, 0.05) is 0 Å². The number of para-hydroxylation sites is 2. The van der Waals surface area contributed by atoms with Gasteiger partial charge in [-0.25, -0.2) is 10.1 Å². The van der Waals surface area contributed by atoms with E-state index in [0.717, 1.165) is 11.0 Å². The lowest BCUT2D eigenvalue weighted by Gasteiger charge is -2.12. The molecule has 0 bridgehead atoms. The van der Waals surface area contributed by atoms with Crippen LogP contribution in [0.15, 0.2) is 53.7 Å². The summed E-state index contributed by atoms with van der Waals surface area (Å²) in [6.07, 6.45) is 0. The van der Waals surface area contributed by atoms with Crippen molar-refractivity contribution in [1.29, 1.82) is 0 Å². The Hall–Kier alpha value is -3.13. The van der Waals surface area contributed by atoms with E-state index >= 15 is 0 Å². The number of rotatable bonds is 3. The minimum absolute atomic E-state index is 0.193. The average molecular weight is 349 g/mol. The standard InChI is InChI=1S/C17H11N5O2S/c23-14-10-5-1-2-6-11(10)15(24)21(14)9-25-17-20-19-16-18-12-7-3-4-8-13(12)22(16)17/h1-8H,9H2,(H,18,19). The normalized spacial score (nSPS) is 14.0. The summed E-state index contributed by atoms with van der Waals surface area (Å²) < 4.78 is 1.89. The minimum Gasteiger partial charge on any atom is -0.269 e. The average Bonchev–Trinajstić information content (AvgIpc) is 3.27. The lowest BCUT2D eigenvalue weighted by molar-refractivity contribution is 0.0684. The topological polar surface area (TPSA) is 83.4 Å². The molecule has 7 nitrogen and oxygen atoms in total. The van der Waals surface area contributed by atoms with Crippen LogP contribution < -0.4 is 0 Å². The Bertz CT molecular complexity index is 1130. The number of imide groups is 1. The first-order valence-electron chi connectivity index (χ1n) is 7.63. The molecule has 0 unspecified atom stereocenters. The van der Waals surface area contributed by atoms with E-state index in [4.69, 9.17) is 0 Å². The number of nitrogens with zero attached hydrogens (tertiary/aromatic N) is 4. The van der Waals surface area contributed by atoms with Crippen molar-refractivity contribution in [2.45, 2.75) is 5.16 Å². The molecule has 0 spiro atoms. The molecule has 8 heteroatoms. The van der Waals surface area contributed by atoms with Crippen LogP contribution in [0.4, 0.5) is 0 Å². The highest BCUT2D eigenvalue weighted by atomic mass is 32.2. The first-order chi connectivity index (χ1) is 12.2. The van der Waals surface area contributed by atoms with Gasteiger partial charge in [0.1, 0.15) is 0 Å². The van der Waals surface area contributed by atoms with Crippen molar-refractivity contribution in [3.8, 4) is 0 Å². The number of aromatic nitrogens is 4. The van der Waals surface area contributed by atoms with Crippen LogP contribution in [0.2, 0.25) is 0 Å². The third kappa shape index (κ3) is 2.01. The number of hydrogen-bond donors (Lipinski definition) is 1. The second kappa shape index (κ2) is 5.18. The molecule has 2 aromatic heterocycles. The summed E-state index contributed by atoms with van der Waals surface area (Å²) in [5, 5.41) is 7.79. The van der Waals surface area contributed by atoms with E-state index in [1.807, 2.05) is 28.7 Å². The van der Waals surface area contributed by atoms with Crippen LogP contribution >= 0.6 is 11.8 Å². The van der Waals surface area contributed by atoms with Crippen molar-refractivity contribution < 1.29 is 9.59 Å². The number of thioether (sulfide) groups is 1. The van der Waals surface area contributed by atoms with Crippen LogP contribution in [0.5, 0.6) is 0 Å². The molecule has 1 aliphatic rings. The molecule has 3 heterocycles. The zero-order valence-corrected chi connectivity index (χ0v) is 13.7. The number of aromatic amines is 1. The molecule has 2 aromatic carbocycles. The van der Waals surface area contributed by atoms with E-state index in [-0.39, 0.29) is 17.7 Å². The predicted octanol–water partition coefficient (Wildman–Crippen LogP) is 2.56. The number of carbonyl (C=O) groups excluding carboxylic acids is 2. The molecular weight excluding hydrogens is 338 g/mol. The Balaban J connectivity index is 1.47. The molecule has 5 rings (SSSR count). The minimum atomic E-state index is -0.268. The van der Waals surface area contributed by atoms with Crippen molar-refractivity contribution >= 4 is 40.4 Å². The maximum atomic E-state index is 12.4. The molecule has 0 aliphatic carbocycles. The Labute approximate surface area is 145 Å². The second-order valence-electron chi connectivity index (χ2n) is 5.62. The summed E-state index contributed by atoms with van der Waals surface area (Å²) in [6, 6.07) is 14.6. The van der Waals surface area contributed by atoms with E-state index in [9.17, 15) is 9.59 Å². The predicted molar refractivity (Wildman–Crippen MR) is 92.5 cm³/mol. The first-order valence-corrected chi connectivity index (χ1v) is 8.62. The summed E-state index contributed by atoms with van der Waals surface area (Å²) in [7, 11) is 0. The monoisotopic (exact) mass is 349 g/mol. The highest BCUT2D eigenvalue weighted by Crippen LogP contribution is 2.28. The lowest BCUT2D eigenvalue weighted by atomic mass is 10.1. The summed E-state index contributed by atoms with van der Waals surface area (Å²) >= 11 is 1.32. The largest absolute Gasteiger partial charge is 0.269 e. The van der Waals surface area contributed by atoms with Crippen molar-refractivity contribution in [1.82, 2.24) is 24.5 Å². The number of amides is 2. The lowest BCUT2D eigenvalue weighted by Crippen LogP contribution is -2.29. The van der Waals surface area contributed by atoms with E-state index in [1.165, 1.54) is 16.7 Å². The molecule has 0 radical (unpaired) electrons. The Morgan fingerprint density at radius 3 is 2.40 bits per heavy atom. The maximum Gasteiger partial charge on any atom is 0.262 e. The van der Waals surface area contributed by atoms with Crippen molar-refractivity contribution in [3.05, 3.63) is 59.7 Å². The van der Waals surface area contributed by atoms with Crippen molar-refractivity contribution in [2.75, 3.05) is 5.88 Å². The first kappa shape index (κ1) is 14.2. The highest BCUT2D eigenvalue weighted by molar-refractivity contribution is 7.99. The van der Waals surface area contributed by atoms with Crippen molar-refractivity contribution in [2.24, 2.45) is 0 Å². The molecular formula is C17H11N5O2S. The summed E-state index contributed by atoms with van der Waals surface area (Å²) in [4.78, 5) is 30.6. The van der Waals surface area contributed by atoms with E-state index in [1.54, 1.807) is 24.3 Å². The number of hydrogen-bond acceptors (Lipinski definition) is 5. The molecule has 0 fully saturated rings. The van der Waals surface area contributed by atoms with Gasteiger partial charge >= 0.3 is 0 Å². The zero-order chi connectivity index (χ0) is 17.0. The fourth-order valence-corrected chi connectivity index (χ4v) is 3.92. The van der Waals surface area contributed by atoms with Crippen LogP contribution in [0.1, 0.15) is 20.7 Å². The second-order valence-corrected chi connectivity index (χ2v) is 6.54. The SMILES string of the molecule is O=C1c2ccccc2C(=O)N1CSc1n[nH]c2nc3ccccc3n12. The summed E-state index contributed by atoms with van der Waals surface area (Å²) in [5.41, 5.74) is 2.69. The highest BCUT2D eigenvalue weighted by Gasteiger charge is 2.35. The van der Waals surface area contributed by atoms with Gasteiger partial charge in [0.15, 0.2) is 5.16 Å². The van der Waals surface area contributed by atoms with Gasteiger partial charge in [-0.3, -0.25) is 18.9 Å². The molecule has 122 valence electrons. The molecule has 1 N–H and O–H groups in total. The van der Waals surface area contributed by atoms with Gasteiger partial charge in [0.25, 0.3) is 11.8 Å². The van der Waals surface area contributed by atoms with Gasteiger partial charge in [-0.2, -0.15) is 0 Å². The van der Waals surface area contributed by atoms with Gasteiger partial charge in [-0.15, -0.1) is 5.10 Å². The Morgan fingerprint density at radius 2 is 1.64 bits per heavy atom. The van der Waals surface area contributed by atoms with Gasteiger partial charge in [-0.1, -0.05) is 36.0 Å². The number of fused-ring (bicyclic) bond motifs is 4. The van der Waals surface area contributed by atoms with E-state index in [0.29, 0.717) is 22.1 Å². The fourth-order valence-electron chi connectivity index (χ4n) is 3.02. The van der Waals surface area contributed by atoms with Crippen LogP contribution in [-0.4, -0.2) is 42.2 Å². The van der Waals surface area contributed by atoms with Gasteiger partial charge in [0.2, 0.25) is 5.78 Å². The number of carbonyl (C=O) groups is 2. The molecule has 0 saturated carbocycles. The maximum absolute atomic E-state index is 12.4. The summed E-state index contributed by atoms with van der Waals surface area (Å²) in [6.45, 7) is 0. The number of nitrogens with one attached hydrogen (secondary N) is 1.